The van der Waals surface area contributed by atoms with Crippen molar-refractivity contribution in [2.45, 2.75) is 31.8 Å². The molecular formula is C10H17F3N2O6S2. The van der Waals surface area contributed by atoms with E-state index in [0.717, 1.165) is 18.8 Å². The smallest absolute Gasteiger partial charge is 0.485 e. The molecule has 1 rings (SSSR count). The summed E-state index contributed by atoms with van der Waals surface area (Å²) >= 11 is 0. The number of unbranched alkanes of at least 4 members (excludes halogenated alkanes) is 1. The van der Waals surface area contributed by atoms with E-state index in [1.54, 1.807) is 0 Å². The number of alkyl halides is 3. The van der Waals surface area contributed by atoms with Gasteiger partial charge in [0.2, 0.25) is 0 Å². The predicted octanol–water partition coefficient (Wildman–Crippen LogP) is 0.340. The summed E-state index contributed by atoms with van der Waals surface area (Å²) in [5, 5.41) is 0. The van der Waals surface area contributed by atoms with Crippen LogP contribution in [0.15, 0.2) is 12.4 Å². The van der Waals surface area contributed by atoms with Crippen LogP contribution in [-0.4, -0.2) is 41.8 Å². The summed E-state index contributed by atoms with van der Waals surface area (Å²) in [6.07, 6.45) is 5.15. The molecule has 0 saturated heterocycles. The van der Waals surface area contributed by atoms with Gasteiger partial charge in [-0.05, 0) is 12.8 Å². The molecule has 1 heterocycles. The topological polar surface area (TPSA) is 120 Å². The molecule has 0 radical (unpaired) electrons. The minimum atomic E-state index is -6.09. The summed E-state index contributed by atoms with van der Waals surface area (Å²) in [5.74, 6) is 0.973. The van der Waals surface area contributed by atoms with Crippen LogP contribution in [0.3, 0.4) is 0 Å². The van der Waals surface area contributed by atoms with Crippen molar-refractivity contribution in [2.24, 2.45) is 7.05 Å². The Bertz CT molecular complexity index is 709. The van der Waals surface area contributed by atoms with Crippen molar-refractivity contribution >= 4 is 20.2 Å². The number of aryl methyl sites for hydroxylation is 2. The minimum Gasteiger partial charge on any atom is -0.741 e. The fraction of sp³-hybridized carbons (Fsp3) is 0.700. The van der Waals surface area contributed by atoms with Crippen LogP contribution in [0.25, 0.3) is 0 Å². The Morgan fingerprint density at radius 3 is 2.04 bits per heavy atom. The third-order valence-electron chi connectivity index (χ3n) is 2.73. The molecule has 8 nitrogen and oxygen atoms in total. The molecule has 0 unspecified atom stereocenters. The molecule has 0 spiro atoms. The van der Waals surface area contributed by atoms with E-state index >= 15 is 0 Å². The maximum Gasteiger partial charge on any atom is 0.485 e. The Morgan fingerprint density at radius 2 is 1.74 bits per heavy atom. The minimum absolute atomic E-state index is 0.153. The largest absolute Gasteiger partial charge is 0.741 e. The molecule has 0 atom stereocenters. The summed E-state index contributed by atoms with van der Waals surface area (Å²) in [4.78, 5) is 0. The zero-order valence-corrected chi connectivity index (χ0v) is 13.9. The van der Waals surface area contributed by atoms with E-state index in [0.29, 0.717) is 6.42 Å². The average Bonchev–Trinajstić information content (AvgIpc) is 2.63. The summed E-state index contributed by atoms with van der Waals surface area (Å²) in [6.45, 7) is 2.78. The molecule has 0 saturated carbocycles. The van der Waals surface area contributed by atoms with Gasteiger partial charge in [-0.25, -0.2) is 17.6 Å². The van der Waals surface area contributed by atoms with Gasteiger partial charge in [0.1, 0.15) is 12.4 Å². The zero-order chi connectivity index (χ0) is 18.5. The molecule has 0 bridgehead atoms. The van der Waals surface area contributed by atoms with Crippen molar-refractivity contribution in [3.8, 4) is 0 Å². The van der Waals surface area contributed by atoms with Crippen LogP contribution in [-0.2, 0) is 33.8 Å². The summed E-state index contributed by atoms with van der Waals surface area (Å²) < 4.78 is 92.4. The molecule has 136 valence electrons. The fourth-order valence-corrected chi connectivity index (χ4v) is 1.97. The predicted molar refractivity (Wildman–Crippen MR) is 71.7 cm³/mol. The number of imidazole rings is 1. The molecule has 0 aromatic carbocycles. The molecule has 0 aliphatic heterocycles. The van der Waals surface area contributed by atoms with Crippen LogP contribution in [0, 0.1) is 6.92 Å². The lowest BCUT2D eigenvalue weighted by Crippen LogP contribution is -2.29. The van der Waals surface area contributed by atoms with Crippen molar-refractivity contribution in [2.75, 3.05) is 5.75 Å². The van der Waals surface area contributed by atoms with Gasteiger partial charge in [0.15, 0.2) is 10.1 Å². The van der Waals surface area contributed by atoms with Gasteiger partial charge in [-0.1, -0.05) is 0 Å². The van der Waals surface area contributed by atoms with Crippen LogP contribution < -0.4 is 4.57 Å². The highest BCUT2D eigenvalue weighted by molar-refractivity contribution is 7.86. The molecule has 0 aliphatic rings. The van der Waals surface area contributed by atoms with Crippen LogP contribution in [0.5, 0.6) is 0 Å². The van der Waals surface area contributed by atoms with Crippen molar-refractivity contribution in [3.63, 3.8) is 0 Å². The van der Waals surface area contributed by atoms with Gasteiger partial charge in [0, 0.05) is 6.92 Å². The van der Waals surface area contributed by atoms with E-state index < -0.39 is 25.7 Å². The van der Waals surface area contributed by atoms with E-state index in [2.05, 4.69) is 4.57 Å². The lowest BCUT2D eigenvalue weighted by Gasteiger charge is -2.08. The highest BCUT2D eigenvalue weighted by atomic mass is 32.2. The summed E-state index contributed by atoms with van der Waals surface area (Å²) in [6, 6.07) is 0. The molecular weight excluding hydrogens is 365 g/mol. The fourth-order valence-electron chi connectivity index (χ4n) is 1.40. The molecule has 1 aromatic rings. The highest BCUT2D eigenvalue weighted by Gasteiger charge is 2.36. The molecule has 0 fully saturated rings. The van der Waals surface area contributed by atoms with Crippen LogP contribution >= 0.6 is 0 Å². The van der Waals surface area contributed by atoms with E-state index in [1.807, 2.05) is 30.9 Å². The van der Waals surface area contributed by atoms with E-state index in [1.165, 1.54) is 0 Å². The Balaban J connectivity index is 0.000000515. The van der Waals surface area contributed by atoms with Crippen molar-refractivity contribution in [1.82, 2.24) is 4.57 Å². The Labute approximate surface area is 132 Å². The van der Waals surface area contributed by atoms with Gasteiger partial charge < -0.3 is 4.55 Å². The standard InChI is InChI=1S/C9H16N2O3S.CHF3O3S/c1-9-10(2)6-7-11(9)5-3-4-8-15(12,13)14;2-1(3,4)8(5,6)7/h6-7H,3-5,8H2,1-2H3;(H,5,6,7). The normalized spacial score (nSPS) is 12.7. The van der Waals surface area contributed by atoms with Crippen molar-refractivity contribution in [3.05, 3.63) is 18.2 Å². The third-order valence-corrected chi connectivity index (χ3v) is 4.10. The second-order valence-corrected chi connectivity index (χ2v) is 7.49. The quantitative estimate of drug-likeness (QED) is 0.339. The number of hydrogen-bond donors (Lipinski definition) is 1. The number of halogens is 3. The highest BCUT2D eigenvalue weighted by Crippen LogP contribution is 2.20. The Kier molecular flexibility index (Phi) is 7.66. The summed E-state index contributed by atoms with van der Waals surface area (Å²) in [5.41, 5.74) is -5.65. The Hall–Kier alpha value is -1.18. The van der Waals surface area contributed by atoms with Crippen molar-refractivity contribution in [1.29, 1.82) is 0 Å². The lowest BCUT2D eigenvalue weighted by atomic mass is 10.3. The molecule has 13 heteroatoms. The second kappa shape index (κ2) is 8.08. The van der Waals surface area contributed by atoms with Gasteiger partial charge in [-0.3, -0.25) is 4.55 Å². The third kappa shape index (κ3) is 8.88. The zero-order valence-electron chi connectivity index (χ0n) is 12.3. The first-order valence-electron chi connectivity index (χ1n) is 6.14. The van der Waals surface area contributed by atoms with Crippen LogP contribution in [0.1, 0.15) is 18.7 Å². The van der Waals surface area contributed by atoms with Crippen LogP contribution in [0.2, 0.25) is 0 Å². The average molecular weight is 382 g/mol. The first-order chi connectivity index (χ1) is 10.1. The molecule has 23 heavy (non-hydrogen) atoms. The number of aromatic nitrogens is 2. The van der Waals surface area contributed by atoms with Gasteiger partial charge in [-0.15, -0.1) is 0 Å². The van der Waals surface area contributed by atoms with Crippen LogP contribution in [0.4, 0.5) is 13.2 Å². The molecule has 0 aliphatic carbocycles. The summed E-state index contributed by atoms with van der Waals surface area (Å²) in [7, 11) is -7.93. The maximum atomic E-state index is 10.7. The molecule has 0 amide bonds. The van der Waals surface area contributed by atoms with Gasteiger partial charge in [0.25, 0.3) is 15.9 Å². The first kappa shape index (κ1) is 21.8. The lowest BCUT2D eigenvalue weighted by molar-refractivity contribution is -0.677. The van der Waals surface area contributed by atoms with Gasteiger partial charge >= 0.3 is 5.51 Å². The Morgan fingerprint density at radius 1 is 1.26 bits per heavy atom. The number of rotatable bonds is 5. The van der Waals surface area contributed by atoms with Gasteiger partial charge in [-0.2, -0.15) is 21.6 Å². The number of nitrogens with zero attached hydrogens (tertiary/aromatic N) is 2. The van der Waals surface area contributed by atoms with E-state index in [9.17, 15) is 21.6 Å². The monoisotopic (exact) mass is 382 g/mol. The molecule has 1 aromatic heterocycles. The second-order valence-electron chi connectivity index (χ2n) is 4.54. The SMILES string of the molecule is Cc1n(CCCCS(=O)(=O)O)cc[n+]1C.O=S(=O)([O-])C(F)(F)F. The maximum absolute atomic E-state index is 10.7. The van der Waals surface area contributed by atoms with Crippen molar-refractivity contribution < 1.29 is 43.7 Å². The number of hydrogen-bond acceptors (Lipinski definition) is 5. The van der Waals surface area contributed by atoms with E-state index in [4.69, 9.17) is 17.5 Å². The van der Waals surface area contributed by atoms with E-state index in [-0.39, 0.29) is 5.75 Å². The first-order valence-corrected chi connectivity index (χ1v) is 9.15. The molecule has 1 N–H and O–H groups in total. The van der Waals surface area contributed by atoms with Gasteiger partial charge in [0.05, 0.1) is 19.3 Å².